The Morgan fingerprint density at radius 2 is 1.96 bits per heavy atom. The summed E-state index contributed by atoms with van der Waals surface area (Å²) in [6.07, 6.45) is 2.94. The summed E-state index contributed by atoms with van der Waals surface area (Å²) in [6.45, 7) is 1.70. The van der Waals surface area contributed by atoms with Gasteiger partial charge in [-0.1, -0.05) is 28.1 Å². The van der Waals surface area contributed by atoms with Crippen LogP contribution in [0.25, 0.3) is 0 Å². The lowest BCUT2D eigenvalue weighted by atomic mass is 10.1. The van der Waals surface area contributed by atoms with Crippen molar-refractivity contribution in [2.24, 2.45) is 0 Å². The topological polar surface area (TPSA) is 50.4 Å². The summed E-state index contributed by atoms with van der Waals surface area (Å²) in [6, 6.07) is 15.6. The first kappa shape index (κ1) is 17.0. The SMILES string of the molecule is O=C(Cc1cccc(Br)c1)Nc1ccc(NCC2CCCO2)cc1. The van der Waals surface area contributed by atoms with Crippen LogP contribution in [0, 0.1) is 0 Å². The average Bonchev–Trinajstić information content (AvgIpc) is 3.07. The number of hydrogen-bond donors (Lipinski definition) is 2. The number of amides is 1. The zero-order chi connectivity index (χ0) is 16.8. The molecule has 0 saturated carbocycles. The number of ether oxygens (including phenoxy) is 1. The van der Waals surface area contributed by atoms with Gasteiger partial charge in [0.2, 0.25) is 5.91 Å². The van der Waals surface area contributed by atoms with Gasteiger partial charge >= 0.3 is 0 Å². The van der Waals surface area contributed by atoms with E-state index in [1.807, 2.05) is 48.5 Å². The Morgan fingerprint density at radius 1 is 1.17 bits per heavy atom. The highest BCUT2D eigenvalue weighted by Crippen LogP contribution is 2.17. The van der Waals surface area contributed by atoms with Gasteiger partial charge in [-0.15, -0.1) is 0 Å². The molecular weight excluding hydrogens is 368 g/mol. The van der Waals surface area contributed by atoms with E-state index in [1.165, 1.54) is 0 Å². The van der Waals surface area contributed by atoms with Gasteiger partial charge in [0.05, 0.1) is 12.5 Å². The fraction of sp³-hybridized carbons (Fsp3) is 0.316. The van der Waals surface area contributed by atoms with Gasteiger partial charge in [0.1, 0.15) is 0 Å². The largest absolute Gasteiger partial charge is 0.382 e. The summed E-state index contributed by atoms with van der Waals surface area (Å²) in [7, 11) is 0. The lowest BCUT2D eigenvalue weighted by Crippen LogP contribution is -2.18. The van der Waals surface area contributed by atoms with Gasteiger partial charge in [-0.25, -0.2) is 0 Å². The number of carbonyl (C=O) groups excluding carboxylic acids is 1. The van der Waals surface area contributed by atoms with E-state index < -0.39 is 0 Å². The summed E-state index contributed by atoms with van der Waals surface area (Å²) in [5.41, 5.74) is 2.82. The summed E-state index contributed by atoms with van der Waals surface area (Å²) in [4.78, 5) is 12.1. The van der Waals surface area contributed by atoms with Crippen molar-refractivity contribution >= 4 is 33.2 Å². The minimum absolute atomic E-state index is 0.0202. The number of benzene rings is 2. The minimum atomic E-state index is -0.0202. The summed E-state index contributed by atoms with van der Waals surface area (Å²) >= 11 is 3.42. The Morgan fingerprint density at radius 3 is 2.67 bits per heavy atom. The Bertz CT molecular complexity index is 682. The maximum atomic E-state index is 12.1. The molecule has 5 heteroatoms. The van der Waals surface area contributed by atoms with Crippen LogP contribution < -0.4 is 10.6 Å². The first-order valence-corrected chi connectivity index (χ1v) is 8.98. The smallest absolute Gasteiger partial charge is 0.228 e. The second kappa shape index (κ2) is 8.31. The molecule has 1 aliphatic heterocycles. The predicted octanol–water partition coefficient (Wildman–Crippen LogP) is 4.22. The highest BCUT2D eigenvalue weighted by Gasteiger charge is 2.14. The van der Waals surface area contributed by atoms with Gasteiger partial charge in [0.15, 0.2) is 0 Å². The van der Waals surface area contributed by atoms with E-state index in [1.54, 1.807) is 0 Å². The molecule has 1 saturated heterocycles. The molecule has 0 radical (unpaired) electrons. The van der Waals surface area contributed by atoms with E-state index in [0.29, 0.717) is 12.5 Å². The molecule has 1 unspecified atom stereocenters. The van der Waals surface area contributed by atoms with Gasteiger partial charge < -0.3 is 15.4 Å². The van der Waals surface area contributed by atoms with E-state index >= 15 is 0 Å². The zero-order valence-corrected chi connectivity index (χ0v) is 15.0. The molecule has 2 aromatic carbocycles. The number of rotatable bonds is 6. The number of nitrogens with one attached hydrogen (secondary N) is 2. The molecule has 24 heavy (non-hydrogen) atoms. The molecule has 1 heterocycles. The Balaban J connectivity index is 1.49. The van der Waals surface area contributed by atoms with Crippen LogP contribution >= 0.6 is 15.9 Å². The van der Waals surface area contributed by atoms with Crippen molar-refractivity contribution < 1.29 is 9.53 Å². The monoisotopic (exact) mass is 388 g/mol. The lowest BCUT2D eigenvalue weighted by Gasteiger charge is -2.12. The standard InChI is InChI=1S/C19H21BrN2O2/c20-15-4-1-3-14(11-15)12-19(23)22-17-8-6-16(7-9-17)21-13-18-5-2-10-24-18/h1,3-4,6-9,11,18,21H,2,5,10,12-13H2,(H,22,23). The molecule has 1 amide bonds. The molecule has 2 N–H and O–H groups in total. The van der Waals surface area contributed by atoms with Crippen LogP contribution in [0.4, 0.5) is 11.4 Å². The maximum Gasteiger partial charge on any atom is 0.228 e. The number of carbonyl (C=O) groups is 1. The molecule has 0 aromatic heterocycles. The molecule has 4 nitrogen and oxygen atoms in total. The third-order valence-corrected chi connectivity index (χ3v) is 4.47. The maximum absolute atomic E-state index is 12.1. The molecule has 0 aliphatic carbocycles. The van der Waals surface area contributed by atoms with Crippen molar-refractivity contribution in [3.8, 4) is 0 Å². The third-order valence-electron chi connectivity index (χ3n) is 3.98. The summed E-state index contributed by atoms with van der Waals surface area (Å²) < 4.78 is 6.57. The van der Waals surface area contributed by atoms with Crippen LogP contribution in [0.2, 0.25) is 0 Å². The first-order valence-electron chi connectivity index (χ1n) is 8.19. The molecule has 0 spiro atoms. The van der Waals surface area contributed by atoms with Crippen LogP contribution in [0.5, 0.6) is 0 Å². The number of hydrogen-bond acceptors (Lipinski definition) is 3. The van der Waals surface area contributed by atoms with Crippen LogP contribution in [-0.2, 0) is 16.0 Å². The van der Waals surface area contributed by atoms with Crippen molar-refractivity contribution in [3.63, 3.8) is 0 Å². The van der Waals surface area contributed by atoms with E-state index in [4.69, 9.17) is 4.74 Å². The molecule has 1 fully saturated rings. The summed E-state index contributed by atoms with van der Waals surface area (Å²) in [5, 5.41) is 6.30. The van der Waals surface area contributed by atoms with E-state index in [9.17, 15) is 4.79 Å². The summed E-state index contributed by atoms with van der Waals surface area (Å²) in [5.74, 6) is -0.0202. The van der Waals surface area contributed by atoms with Crippen molar-refractivity contribution in [2.45, 2.75) is 25.4 Å². The number of halogens is 1. The molecule has 0 bridgehead atoms. The van der Waals surface area contributed by atoms with E-state index in [0.717, 1.165) is 47.4 Å². The number of anilines is 2. The van der Waals surface area contributed by atoms with Crippen LogP contribution in [0.1, 0.15) is 18.4 Å². The van der Waals surface area contributed by atoms with Gasteiger partial charge in [0, 0.05) is 29.0 Å². The van der Waals surface area contributed by atoms with Crippen LogP contribution in [-0.4, -0.2) is 25.2 Å². The van der Waals surface area contributed by atoms with Gasteiger partial charge in [-0.3, -0.25) is 4.79 Å². The van der Waals surface area contributed by atoms with Crippen molar-refractivity contribution in [1.29, 1.82) is 0 Å². The van der Waals surface area contributed by atoms with Crippen LogP contribution in [0.15, 0.2) is 53.0 Å². The van der Waals surface area contributed by atoms with Gasteiger partial charge in [-0.05, 0) is 54.8 Å². The highest BCUT2D eigenvalue weighted by atomic mass is 79.9. The Labute approximate surface area is 150 Å². The fourth-order valence-corrected chi connectivity index (χ4v) is 3.19. The van der Waals surface area contributed by atoms with Gasteiger partial charge in [0.25, 0.3) is 0 Å². The van der Waals surface area contributed by atoms with Gasteiger partial charge in [-0.2, -0.15) is 0 Å². The predicted molar refractivity (Wildman–Crippen MR) is 100 cm³/mol. The average molecular weight is 389 g/mol. The van der Waals surface area contributed by atoms with Crippen molar-refractivity contribution in [1.82, 2.24) is 0 Å². The molecule has 1 atom stereocenters. The second-order valence-electron chi connectivity index (χ2n) is 5.95. The fourth-order valence-electron chi connectivity index (χ4n) is 2.75. The van der Waals surface area contributed by atoms with E-state index in [-0.39, 0.29) is 5.91 Å². The quantitative estimate of drug-likeness (QED) is 0.778. The molecular formula is C19H21BrN2O2. The van der Waals surface area contributed by atoms with Crippen molar-refractivity contribution in [3.05, 3.63) is 58.6 Å². The normalized spacial score (nSPS) is 16.8. The zero-order valence-electron chi connectivity index (χ0n) is 13.4. The molecule has 2 aromatic rings. The first-order chi connectivity index (χ1) is 11.7. The Kier molecular flexibility index (Phi) is 5.88. The second-order valence-corrected chi connectivity index (χ2v) is 6.86. The van der Waals surface area contributed by atoms with E-state index in [2.05, 4.69) is 26.6 Å². The Hall–Kier alpha value is -1.85. The lowest BCUT2D eigenvalue weighted by molar-refractivity contribution is -0.115. The molecule has 126 valence electrons. The highest BCUT2D eigenvalue weighted by molar-refractivity contribution is 9.10. The van der Waals surface area contributed by atoms with Crippen LogP contribution in [0.3, 0.4) is 0 Å². The minimum Gasteiger partial charge on any atom is -0.382 e. The molecule has 1 aliphatic rings. The molecule has 3 rings (SSSR count). The third kappa shape index (κ3) is 5.08. The van der Waals surface area contributed by atoms with Crippen molar-refractivity contribution in [2.75, 3.05) is 23.8 Å².